The Labute approximate surface area is 322 Å². The third kappa shape index (κ3) is 5.19. The lowest BCUT2D eigenvalue weighted by Gasteiger charge is -2.13. The Morgan fingerprint density at radius 1 is 0.321 bits per heavy atom. The molecule has 262 valence electrons. The molecule has 0 atom stereocenters. The zero-order valence-electron chi connectivity index (χ0n) is 30.2. The number of aromatic nitrogens is 6. The molecule has 0 aliphatic heterocycles. The molecule has 4 heterocycles. The van der Waals surface area contributed by atoms with Crippen LogP contribution in [0.1, 0.15) is 0 Å². The smallest absolute Gasteiger partial charge is 0.238 e. The van der Waals surface area contributed by atoms with Gasteiger partial charge in [0.2, 0.25) is 5.95 Å². The van der Waals surface area contributed by atoms with Crippen molar-refractivity contribution in [3.63, 3.8) is 0 Å². The molecule has 11 rings (SSSR count). The second-order valence-electron chi connectivity index (χ2n) is 13.9. The first kappa shape index (κ1) is 31.8. The Morgan fingerprint density at radius 2 is 0.839 bits per heavy atom. The molecule has 0 saturated heterocycles. The van der Waals surface area contributed by atoms with Gasteiger partial charge in [-0.05, 0) is 41.5 Å². The number of hydrogen-bond donors (Lipinski definition) is 0. The van der Waals surface area contributed by atoms with Crippen molar-refractivity contribution in [2.24, 2.45) is 0 Å². The number of benzene rings is 7. The van der Waals surface area contributed by atoms with Crippen molar-refractivity contribution in [1.82, 2.24) is 29.1 Å². The van der Waals surface area contributed by atoms with Crippen molar-refractivity contribution in [2.45, 2.75) is 0 Å². The van der Waals surface area contributed by atoms with Crippen LogP contribution in [0.2, 0.25) is 0 Å². The summed E-state index contributed by atoms with van der Waals surface area (Å²) < 4.78 is 4.54. The van der Waals surface area contributed by atoms with E-state index in [4.69, 9.17) is 19.9 Å². The van der Waals surface area contributed by atoms with Gasteiger partial charge in [0.15, 0.2) is 11.6 Å². The highest BCUT2D eigenvalue weighted by molar-refractivity contribution is 6.26. The lowest BCUT2D eigenvalue weighted by atomic mass is 10.0. The Kier molecular flexibility index (Phi) is 7.38. The van der Waals surface area contributed by atoms with Gasteiger partial charge in [0.25, 0.3) is 0 Å². The highest BCUT2D eigenvalue weighted by Gasteiger charge is 2.24. The van der Waals surface area contributed by atoms with Gasteiger partial charge >= 0.3 is 0 Å². The monoisotopic (exact) mass is 716 g/mol. The summed E-state index contributed by atoms with van der Waals surface area (Å²) in [6, 6.07) is 67.3. The second-order valence-corrected chi connectivity index (χ2v) is 13.9. The summed E-state index contributed by atoms with van der Waals surface area (Å²) in [7, 11) is 0. The van der Waals surface area contributed by atoms with Crippen LogP contribution in [0.25, 0.3) is 101 Å². The minimum absolute atomic E-state index is 0.559. The molecule has 6 heteroatoms. The average molecular weight is 717 g/mol. The standard InChI is InChI=1S/C50H32N6/c1-5-17-33(18-6-1)37-31-41(34-19-7-2-8-20-34)51-45(32-37)55-43-28-16-14-26-40(43)46-44(55)30-29-39-38-25-13-15-27-42(38)56(47(39)46)50-53-48(35-21-9-3-10-22-35)52-49(54-50)36-23-11-4-12-24-36/h1-32H. The molecule has 0 N–H and O–H groups in total. The molecular weight excluding hydrogens is 685 g/mol. The topological polar surface area (TPSA) is 61.4 Å². The Morgan fingerprint density at radius 3 is 1.46 bits per heavy atom. The van der Waals surface area contributed by atoms with E-state index in [9.17, 15) is 0 Å². The molecule has 4 aromatic heterocycles. The summed E-state index contributed by atoms with van der Waals surface area (Å²) in [4.78, 5) is 20.9. The van der Waals surface area contributed by atoms with Crippen LogP contribution in [0.3, 0.4) is 0 Å². The molecule has 7 aromatic carbocycles. The van der Waals surface area contributed by atoms with E-state index in [1.807, 2.05) is 66.7 Å². The predicted molar refractivity (Wildman–Crippen MR) is 228 cm³/mol. The maximum absolute atomic E-state index is 5.39. The number of hydrogen-bond acceptors (Lipinski definition) is 4. The highest BCUT2D eigenvalue weighted by atomic mass is 15.2. The van der Waals surface area contributed by atoms with Gasteiger partial charge in [-0.3, -0.25) is 9.13 Å². The first-order valence-corrected chi connectivity index (χ1v) is 18.7. The van der Waals surface area contributed by atoms with Crippen molar-refractivity contribution in [3.05, 3.63) is 194 Å². The zero-order valence-corrected chi connectivity index (χ0v) is 30.2. The fraction of sp³-hybridized carbons (Fsp3) is 0. The Balaban J connectivity index is 1.25. The molecule has 0 radical (unpaired) electrons. The van der Waals surface area contributed by atoms with Gasteiger partial charge in [-0.1, -0.05) is 164 Å². The summed E-state index contributed by atoms with van der Waals surface area (Å²) in [6.45, 7) is 0. The van der Waals surface area contributed by atoms with E-state index in [2.05, 4.69) is 137 Å². The number of rotatable bonds is 6. The van der Waals surface area contributed by atoms with E-state index in [1.54, 1.807) is 0 Å². The van der Waals surface area contributed by atoms with Gasteiger partial charge in [-0.2, -0.15) is 9.97 Å². The number of pyridine rings is 1. The predicted octanol–water partition coefficient (Wildman–Crippen LogP) is 12.1. The molecule has 0 saturated carbocycles. The van der Waals surface area contributed by atoms with Gasteiger partial charge in [0.1, 0.15) is 5.82 Å². The van der Waals surface area contributed by atoms with Gasteiger partial charge in [-0.15, -0.1) is 0 Å². The summed E-state index contributed by atoms with van der Waals surface area (Å²) in [5, 5.41) is 4.46. The van der Waals surface area contributed by atoms with E-state index in [-0.39, 0.29) is 0 Å². The molecule has 6 nitrogen and oxygen atoms in total. The van der Waals surface area contributed by atoms with Gasteiger partial charge in [0.05, 0.1) is 27.8 Å². The molecule has 0 bridgehead atoms. The first-order chi connectivity index (χ1) is 27.8. The third-order valence-corrected chi connectivity index (χ3v) is 10.6. The van der Waals surface area contributed by atoms with Gasteiger partial charge < -0.3 is 0 Å². The van der Waals surface area contributed by atoms with E-state index in [1.165, 1.54) is 0 Å². The zero-order chi connectivity index (χ0) is 37.0. The van der Waals surface area contributed by atoms with Crippen molar-refractivity contribution in [1.29, 1.82) is 0 Å². The van der Waals surface area contributed by atoms with E-state index >= 15 is 0 Å². The summed E-state index contributed by atoms with van der Waals surface area (Å²) in [5.41, 5.74) is 10.2. The van der Waals surface area contributed by atoms with Gasteiger partial charge in [0, 0.05) is 38.2 Å². The average Bonchev–Trinajstić information content (AvgIpc) is 3.80. The van der Waals surface area contributed by atoms with Crippen LogP contribution < -0.4 is 0 Å². The van der Waals surface area contributed by atoms with Crippen molar-refractivity contribution >= 4 is 43.6 Å². The quantitative estimate of drug-likeness (QED) is 0.172. The molecule has 0 fully saturated rings. The molecule has 0 amide bonds. The minimum Gasteiger partial charge on any atom is -0.294 e. The van der Waals surface area contributed by atoms with E-state index < -0.39 is 0 Å². The Hall–Kier alpha value is -7.70. The maximum atomic E-state index is 5.39. The van der Waals surface area contributed by atoms with Crippen LogP contribution in [0.5, 0.6) is 0 Å². The fourth-order valence-electron chi connectivity index (χ4n) is 8.05. The van der Waals surface area contributed by atoms with E-state index in [0.717, 1.165) is 82.9 Å². The molecule has 0 unspecified atom stereocenters. The van der Waals surface area contributed by atoms with Crippen molar-refractivity contribution in [2.75, 3.05) is 0 Å². The molecule has 0 aliphatic rings. The lowest BCUT2D eigenvalue weighted by molar-refractivity contribution is 0.955. The summed E-state index contributed by atoms with van der Waals surface area (Å²) in [5.74, 6) is 2.64. The normalized spacial score (nSPS) is 11.6. The largest absolute Gasteiger partial charge is 0.294 e. The molecule has 0 aliphatic carbocycles. The summed E-state index contributed by atoms with van der Waals surface area (Å²) in [6.07, 6.45) is 0. The molecular formula is C50H32N6. The van der Waals surface area contributed by atoms with E-state index in [0.29, 0.717) is 17.6 Å². The van der Waals surface area contributed by atoms with Crippen LogP contribution >= 0.6 is 0 Å². The third-order valence-electron chi connectivity index (χ3n) is 10.6. The number of fused-ring (bicyclic) bond motifs is 7. The van der Waals surface area contributed by atoms with Gasteiger partial charge in [-0.25, -0.2) is 9.97 Å². The number of para-hydroxylation sites is 2. The van der Waals surface area contributed by atoms with Crippen molar-refractivity contribution in [3.8, 4) is 56.9 Å². The first-order valence-electron chi connectivity index (χ1n) is 18.7. The highest BCUT2D eigenvalue weighted by Crippen LogP contribution is 2.42. The van der Waals surface area contributed by atoms with Crippen molar-refractivity contribution < 1.29 is 0 Å². The lowest BCUT2D eigenvalue weighted by Crippen LogP contribution is -2.06. The Bertz CT molecular complexity index is 3110. The summed E-state index contributed by atoms with van der Waals surface area (Å²) >= 11 is 0. The minimum atomic E-state index is 0.559. The molecule has 0 spiro atoms. The van der Waals surface area contributed by atoms with Crippen LogP contribution in [0.4, 0.5) is 0 Å². The number of nitrogens with zero attached hydrogens (tertiary/aromatic N) is 6. The van der Waals surface area contributed by atoms with Crippen LogP contribution in [0, 0.1) is 0 Å². The van der Waals surface area contributed by atoms with Crippen LogP contribution in [-0.4, -0.2) is 29.1 Å². The molecule has 56 heavy (non-hydrogen) atoms. The van der Waals surface area contributed by atoms with Crippen LogP contribution in [0.15, 0.2) is 194 Å². The fourth-order valence-corrected chi connectivity index (χ4v) is 8.05. The second kappa shape index (κ2) is 13.0. The molecule has 11 aromatic rings. The van der Waals surface area contributed by atoms with Crippen LogP contribution in [-0.2, 0) is 0 Å². The SMILES string of the molecule is c1ccc(-c2cc(-c3ccccc3)nc(-n3c4ccccc4c4c3ccc3c5ccccc5n(-c5nc(-c6ccccc6)nc(-c6ccccc6)n5)c34)c2)cc1. The maximum Gasteiger partial charge on any atom is 0.238 e.